The van der Waals surface area contributed by atoms with Crippen molar-refractivity contribution in [2.75, 3.05) is 11.9 Å². The normalized spacial score (nSPS) is 10.4. The van der Waals surface area contributed by atoms with Gasteiger partial charge in [0, 0.05) is 22.8 Å². The summed E-state index contributed by atoms with van der Waals surface area (Å²) in [6.45, 7) is 0.646. The van der Waals surface area contributed by atoms with Crippen LogP contribution in [0.1, 0.15) is 5.69 Å². The third-order valence-corrected chi connectivity index (χ3v) is 2.89. The summed E-state index contributed by atoms with van der Waals surface area (Å²) >= 11 is 3.35. The minimum absolute atomic E-state index is 0.129. The number of nitrogens with two attached hydrogens (primary N) is 1. The first-order valence-electron chi connectivity index (χ1n) is 5.82. The lowest BCUT2D eigenvalue weighted by atomic mass is 10.3. The summed E-state index contributed by atoms with van der Waals surface area (Å²) in [4.78, 5) is 11.8. The highest BCUT2D eigenvalue weighted by atomic mass is 79.9. The number of halogens is 1. The quantitative estimate of drug-likeness (QED) is 0.865. The lowest BCUT2D eigenvalue weighted by molar-refractivity contribution is -0.116. The van der Waals surface area contributed by atoms with Gasteiger partial charge in [0.05, 0.1) is 5.69 Å². The summed E-state index contributed by atoms with van der Waals surface area (Å²) in [7, 11) is 0. The Morgan fingerprint density at radius 1 is 1.47 bits per heavy atom. The van der Waals surface area contributed by atoms with E-state index in [-0.39, 0.29) is 12.5 Å². The number of aromatic nitrogens is 3. The zero-order chi connectivity index (χ0) is 13.7. The van der Waals surface area contributed by atoms with E-state index in [0.29, 0.717) is 13.0 Å². The molecule has 1 amide bonds. The Morgan fingerprint density at radius 3 is 3.05 bits per heavy atom. The Morgan fingerprint density at radius 2 is 2.32 bits per heavy atom. The average molecular weight is 324 g/mol. The molecule has 1 aromatic carbocycles. The van der Waals surface area contributed by atoms with Crippen molar-refractivity contribution < 1.29 is 4.79 Å². The second-order valence-electron chi connectivity index (χ2n) is 4.00. The molecule has 0 saturated heterocycles. The van der Waals surface area contributed by atoms with Gasteiger partial charge >= 0.3 is 0 Å². The molecule has 3 N–H and O–H groups in total. The third-order valence-electron chi connectivity index (χ3n) is 2.40. The van der Waals surface area contributed by atoms with Gasteiger partial charge in [0.15, 0.2) is 0 Å². The molecule has 1 aromatic heterocycles. The molecule has 6 nitrogen and oxygen atoms in total. The van der Waals surface area contributed by atoms with Crippen molar-refractivity contribution in [3.8, 4) is 0 Å². The highest BCUT2D eigenvalue weighted by Gasteiger charge is 2.06. The van der Waals surface area contributed by atoms with Crippen molar-refractivity contribution in [1.82, 2.24) is 15.0 Å². The summed E-state index contributed by atoms with van der Waals surface area (Å²) in [5, 5.41) is 10.6. The van der Waals surface area contributed by atoms with E-state index in [1.807, 2.05) is 24.3 Å². The zero-order valence-electron chi connectivity index (χ0n) is 10.2. The number of nitrogens with zero attached hydrogens (tertiary/aromatic N) is 3. The number of nitrogens with one attached hydrogen (secondary N) is 1. The molecule has 0 fully saturated rings. The molecule has 19 heavy (non-hydrogen) atoms. The van der Waals surface area contributed by atoms with Gasteiger partial charge in [0.1, 0.15) is 6.54 Å². The Bertz CT molecular complexity index is 569. The van der Waals surface area contributed by atoms with Gasteiger partial charge in [0.2, 0.25) is 5.91 Å². The summed E-state index contributed by atoms with van der Waals surface area (Å²) < 4.78 is 2.41. The van der Waals surface area contributed by atoms with Crippen molar-refractivity contribution in [2.45, 2.75) is 13.0 Å². The van der Waals surface area contributed by atoms with E-state index < -0.39 is 0 Å². The van der Waals surface area contributed by atoms with E-state index in [1.165, 1.54) is 4.68 Å². The lowest BCUT2D eigenvalue weighted by Gasteiger charge is -2.05. The van der Waals surface area contributed by atoms with Crippen molar-refractivity contribution in [2.24, 2.45) is 5.73 Å². The molecule has 2 aromatic rings. The number of anilines is 1. The Hall–Kier alpha value is -1.73. The summed E-state index contributed by atoms with van der Waals surface area (Å²) in [6.07, 6.45) is 2.39. The second-order valence-corrected chi connectivity index (χ2v) is 4.92. The number of benzene rings is 1. The van der Waals surface area contributed by atoms with Gasteiger partial charge in [-0.1, -0.05) is 27.2 Å². The average Bonchev–Trinajstić information content (AvgIpc) is 2.77. The maximum Gasteiger partial charge on any atom is 0.246 e. The molecule has 0 aliphatic heterocycles. The Kier molecular flexibility index (Phi) is 4.64. The van der Waals surface area contributed by atoms with Crippen LogP contribution < -0.4 is 11.1 Å². The molecule has 1 heterocycles. The predicted octanol–water partition coefficient (Wildman–Crippen LogP) is 1.18. The van der Waals surface area contributed by atoms with Crippen LogP contribution in [0.4, 0.5) is 5.69 Å². The fraction of sp³-hybridized carbons (Fsp3) is 0.250. The van der Waals surface area contributed by atoms with E-state index in [2.05, 4.69) is 31.6 Å². The van der Waals surface area contributed by atoms with Crippen molar-refractivity contribution in [1.29, 1.82) is 0 Å². The third kappa shape index (κ3) is 4.15. The minimum Gasteiger partial charge on any atom is -0.330 e. The molecule has 0 radical (unpaired) electrons. The van der Waals surface area contributed by atoms with Crippen LogP contribution >= 0.6 is 15.9 Å². The van der Waals surface area contributed by atoms with Crippen LogP contribution in [-0.2, 0) is 17.8 Å². The SMILES string of the molecule is NCCc1cn(CC(=O)Nc2cccc(Br)c2)nn1. The maximum atomic E-state index is 11.8. The number of amides is 1. The number of carbonyl (C=O) groups is 1. The van der Waals surface area contributed by atoms with Gasteiger partial charge in [-0.2, -0.15) is 0 Å². The minimum atomic E-state index is -0.151. The molecule has 0 unspecified atom stereocenters. The van der Waals surface area contributed by atoms with Crippen molar-refractivity contribution in [3.63, 3.8) is 0 Å². The largest absolute Gasteiger partial charge is 0.330 e. The predicted molar refractivity (Wildman–Crippen MR) is 75.6 cm³/mol. The molecule has 0 atom stereocenters. The fourth-order valence-electron chi connectivity index (χ4n) is 1.59. The van der Waals surface area contributed by atoms with Crippen LogP contribution in [0.2, 0.25) is 0 Å². The van der Waals surface area contributed by atoms with Crippen LogP contribution in [-0.4, -0.2) is 27.4 Å². The Labute approximate surface area is 119 Å². The van der Waals surface area contributed by atoms with E-state index in [9.17, 15) is 4.79 Å². The van der Waals surface area contributed by atoms with Crippen molar-refractivity contribution >= 4 is 27.5 Å². The molecule has 0 saturated carbocycles. The molecule has 2 rings (SSSR count). The van der Waals surface area contributed by atoms with Gasteiger partial charge in [-0.25, -0.2) is 4.68 Å². The molecule has 0 bridgehead atoms. The highest BCUT2D eigenvalue weighted by Crippen LogP contribution is 2.15. The van der Waals surface area contributed by atoms with Gasteiger partial charge in [-0.15, -0.1) is 5.10 Å². The van der Waals surface area contributed by atoms with E-state index in [0.717, 1.165) is 15.9 Å². The fourth-order valence-corrected chi connectivity index (χ4v) is 1.99. The molecular formula is C12H14BrN5O. The number of hydrogen-bond acceptors (Lipinski definition) is 4. The first-order chi connectivity index (χ1) is 9.17. The molecular weight excluding hydrogens is 310 g/mol. The van der Waals surface area contributed by atoms with Crippen LogP contribution in [0.25, 0.3) is 0 Å². The smallest absolute Gasteiger partial charge is 0.246 e. The van der Waals surface area contributed by atoms with Gasteiger partial charge in [-0.3, -0.25) is 4.79 Å². The Balaban J connectivity index is 1.93. The summed E-state index contributed by atoms with van der Waals surface area (Å²) in [5.41, 5.74) is 6.95. The van der Waals surface area contributed by atoms with Crippen LogP contribution in [0.3, 0.4) is 0 Å². The van der Waals surface area contributed by atoms with Crippen molar-refractivity contribution in [3.05, 3.63) is 40.6 Å². The van der Waals surface area contributed by atoms with E-state index >= 15 is 0 Å². The standard InChI is InChI=1S/C12H14BrN5O/c13-9-2-1-3-10(6-9)15-12(19)8-18-7-11(4-5-14)16-17-18/h1-3,6-7H,4-5,8,14H2,(H,15,19). The lowest BCUT2D eigenvalue weighted by Crippen LogP contribution is -2.19. The summed E-state index contributed by atoms with van der Waals surface area (Å²) in [6, 6.07) is 7.41. The topological polar surface area (TPSA) is 85.8 Å². The number of rotatable bonds is 5. The molecule has 0 aliphatic rings. The van der Waals surface area contributed by atoms with Gasteiger partial charge in [-0.05, 0) is 24.7 Å². The van der Waals surface area contributed by atoms with Gasteiger partial charge < -0.3 is 11.1 Å². The molecule has 100 valence electrons. The van der Waals surface area contributed by atoms with Crippen LogP contribution in [0.15, 0.2) is 34.9 Å². The summed E-state index contributed by atoms with van der Waals surface area (Å²) in [5.74, 6) is -0.151. The maximum absolute atomic E-state index is 11.8. The highest BCUT2D eigenvalue weighted by molar-refractivity contribution is 9.10. The first-order valence-corrected chi connectivity index (χ1v) is 6.61. The molecule has 7 heteroatoms. The zero-order valence-corrected chi connectivity index (χ0v) is 11.8. The van der Waals surface area contributed by atoms with E-state index in [1.54, 1.807) is 6.20 Å². The molecule has 0 aliphatic carbocycles. The van der Waals surface area contributed by atoms with E-state index in [4.69, 9.17) is 5.73 Å². The molecule has 0 spiro atoms. The number of carbonyl (C=O) groups excluding carboxylic acids is 1. The first kappa shape index (κ1) is 13.7. The second kappa shape index (κ2) is 6.44. The van der Waals surface area contributed by atoms with Gasteiger partial charge in [0.25, 0.3) is 0 Å². The van der Waals surface area contributed by atoms with Crippen LogP contribution in [0.5, 0.6) is 0 Å². The number of hydrogen-bond donors (Lipinski definition) is 2. The monoisotopic (exact) mass is 323 g/mol. The van der Waals surface area contributed by atoms with Crippen LogP contribution in [0, 0.1) is 0 Å².